The van der Waals surface area contributed by atoms with Gasteiger partial charge in [-0.2, -0.15) is 10.2 Å². The molecule has 8 heteroatoms. The van der Waals surface area contributed by atoms with Crippen LogP contribution in [0.1, 0.15) is 19.4 Å². The van der Waals surface area contributed by atoms with E-state index in [-0.39, 0.29) is 23.4 Å². The zero-order valence-corrected chi connectivity index (χ0v) is 15.1. The minimum Gasteiger partial charge on any atom is -0.489 e. The number of anilines is 2. The van der Waals surface area contributed by atoms with Gasteiger partial charge in [-0.1, -0.05) is 15.9 Å². The van der Waals surface area contributed by atoms with Crippen LogP contribution in [-0.2, 0) is 0 Å². The van der Waals surface area contributed by atoms with Crippen LogP contribution in [0, 0.1) is 11.3 Å². The Balaban J connectivity index is 2.80. The molecule has 0 aliphatic carbocycles. The van der Waals surface area contributed by atoms with E-state index in [1.54, 1.807) is 6.07 Å². The van der Waals surface area contributed by atoms with Crippen molar-refractivity contribution in [3.63, 3.8) is 0 Å². The topological polar surface area (TPSA) is 111 Å². The first kappa shape index (κ1) is 16.5. The fourth-order valence-electron chi connectivity index (χ4n) is 1.89. The van der Waals surface area contributed by atoms with Crippen molar-refractivity contribution in [1.82, 2.24) is 9.97 Å². The van der Waals surface area contributed by atoms with Crippen LogP contribution in [0.4, 0.5) is 11.8 Å². The highest BCUT2D eigenvalue weighted by atomic mass is 79.9. The van der Waals surface area contributed by atoms with E-state index in [0.717, 1.165) is 8.95 Å². The lowest BCUT2D eigenvalue weighted by Gasteiger charge is -2.17. The molecule has 0 amide bonds. The second kappa shape index (κ2) is 6.50. The number of benzene rings is 1. The van der Waals surface area contributed by atoms with Gasteiger partial charge in [-0.3, -0.25) is 0 Å². The highest BCUT2D eigenvalue weighted by molar-refractivity contribution is 9.11. The molecule has 0 atom stereocenters. The number of rotatable bonds is 3. The summed E-state index contributed by atoms with van der Waals surface area (Å²) in [5, 5.41) is 9.35. The Bertz CT molecular complexity index is 771. The van der Waals surface area contributed by atoms with E-state index in [1.165, 1.54) is 0 Å². The van der Waals surface area contributed by atoms with Crippen molar-refractivity contribution < 1.29 is 4.74 Å². The van der Waals surface area contributed by atoms with E-state index >= 15 is 0 Å². The fraction of sp³-hybridized carbons (Fsp3) is 0.214. The van der Waals surface area contributed by atoms with Gasteiger partial charge in [-0.05, 0) is 41.9 Å². The van der Waals surface area contributed by atoms with Crippen molar-refractivity contribution in [2.45, 2.75) is 20.0 Å². The van der Waals surface area contributed by atoms with E-state index in [9.17, 15) is 5.26 Å². The maximum atomic E-state index is 9.35. The van der Waals surface area contributed by atoms with Gasteiger partial charge >= 0.3 is 0 Å². The summed E-state index contributed by atoms with van der Waals surface area (Å²) in [6.07, 6.45) is -0.0571. The van der Waals surface area contributed by atoms with E-state index < -0.39 is 0 Å². The van der Waals surface area contributed by atoms with Crippen LogP contribution >= 0.6 is 31.9 Å². The zero-order valence-electron chi connectivity index (χ0n) is 11.9. The predicted octanol–water partition coefficient (Wildman–Crippen LogP) is 3.49. The lowest BCUT2D eigenvalue weighted by molar-refractivity contribution is 0.242. The smallest absolute Gasteiger partial charge is 0.222 e. The Hall–Kier alpha value is -1.85. The van der Waals surface area contributed by atoms with E-state index in [0.29, 0.717) is 17.0 Å². The Kier molecular flexibility index (Phi) is 4.88. The molecule has 0 radical (unpaired) electrons. The highest BCUT2D eigenvalue weighted by Crippen LogP contribution is 2.41. The maximum absolute atomic E-state index is 9.35. The predicted molar refractivity (Wildman–Crippen MR) is 92.2 cm³/mol. The zero-order chi connectivity index (χ0) is 16.4. The summed E-state index contributed by atoms with van der Waals surface area (Å²) in [5.41, 5.74) is 12.6. The van der Waals surface area contributed by atoms with E-state index in [4.69, 9.17) is 16.2 Å². The van der Waals surface area contributed by atoms with Crippen LogP contribution in [0.25, 0.3) is 11.3 Å². The number of halogens is 2. The molecular formula is C14H13Br2N5O. The molecule has 114 valence electrons. The molecule has 1 aromatic heterocycles. The molecule has 1 aromatic carbocycles. The largest absolute Gasteiger partial charge is 0.489 e. The second-order valence-electron chi connectivity index (χ2n) is 4.73. The molecule has 0 spiro atoms. The minimum atomic E-state index is -0.0571. The van der Waals surface area contributed by atoms with Crippen LogP contribution in [0.5, 0.6) is 5.75 Å². The maximum Gasteiger partial charge on any atom is 0.222 e. The standard InChI is InChI=1S/C14H13Br2N5O/c1-6(2)22-12-8(3-7(15)4-10(12)16)11-9(5-17)13(18)21-14(19)20-11/h3-4,6H,1-2H3,(H4,18,19,20,21). The van der Waals surface area contributed by atoms with Gasteiger partial charge in [-0.15, -0.1) is 0 Å². The number of aromatic nitrogens is 2. The van der Waals surface area contributed by atoms with Gasteiger partial charge in [0.1, 0.15) is 23.2 Å². The molecule has 0 aliphatic heterocycles. The lowest BCUT2D eigenvalue weighted by Crippen LogP contribution is -2.09. The molecule has 0 aliphatic rings. The van der Waals surface area contributed by atoms with Gasteiger partial charge < -0.3 is 16.2 Å². The van der Waals surface area contributed by atoms with Gasteiger partial charge in [-0.25, -0.2) is 4.98 Å². The summed E-state index contributed by atoms with van der Waals surface area (Å²) in [7, 11) is 0. The quantitative estimate of drug-likeness (QED) is 0.776. The summed E-state index contributed by atoms with van der Waals surface area (Å²) in [5.74, 6) is 0.599. The minimum absolute atomic E-state index is 0.00176. The Morgan fingerprint density at radius 1 is 1.23 bits per heavy atom. The number of hydrogen-bond donors (Lipinski definition) is 2. The molecule has 0 unspecified atom stereocenters. The molecule has 1 heterocycles. The van der Waals surface area contributed by atoms with Crippen LogP contribution in [-0.4, -0.2) is 16.1 Å². The Morgan fingerprint density at radius 2 is 1.91 bits per heavy atom. The summed E-state index contributed by atoms with van der Waals surface area (Å²) >= 11 is 6.88. The number of hydrogen-bond acceptors (Lipinski definition) is 6. The van der Waals surface area contributed by atoms with Crippen molar-refractivity contribution in [3.8, 4) is 23.1 Å². The highest BCUT2D eigenvalue weighted by Gasteiger charge is 2.20. The monoisotopic (exact) mass is 425 g/mol. The van der Waals surface area contributed by atoms with Crippen molar-refractivity contribution in [2.24, 2.45) is 0 Å². The van der Waals surface area contributed by atoms with Gasteiger partial charge in [0.25, 0.3) is 0 Å². The van der Waals surface area contributed by atoms with Crippen molar-refractivity contribution in [1.29, 1.82) is 5.26 Å². The summed E-state index contributed by atoms with van der Waals surface area (Å²) in [6.45, 7) is 3.82. The molecule has 2 aromatic rings. The lowest BCUT2D eigenvalue weighted by atomic mass is 10.1. The molecule has 4 N–H and O–H groups in total. The number of nitrogen functional groups attached to an aromatic ring is 2. The number of nitriles is 1. The van der Waals surface area contributed by atoms with Crippen molar-refractivity contribution >= 4 is 43.6 Å². The Labute approximate surface area is 144 Å². The first-order valence-corrected chi connectivity index (χ1v) is 7.91. The SMILES string of the molecule is CC(C)Oc1c(Br)cc(Br)cc1-c1nc(N)nc(N)c1C#N. The van der Waals surface area contributed by atoms with Crippen LogP contribution in [0.3, 0.4) is 0 Å². The molecule has 6 nitrogen and oxygen atoms in total. The van der Waals surface area contributed by atoms with Gasteiger partial charge in [0.2, 0.25) is 5.95 Å². The van der Waals surface area contributed by atoms with Crippen LogP contribution in [0.15, 0.2) is 21.1 Å². The first-order valence-electron chi connectivity index (χ1n) is 6.32. The average molecular weight is 427 g/mol. The summed E-state index contributed by atoms with van der Waals surface area (Å²) in [4.78, 5) is 7.99. The summed E-state index contributed by atoms with van der Waals surface area (Å²) < 4.78 is 7.37. The molecule has 2 rings (SSSR count). The van der Waals surface area contributed by atoms with E-state index in [1.807, 2.05) is 26.0 Å². The molecule has 0 bridgehead atoms. The molecular weight excluding hydrogens is 414 g/mol. The number of ether oxygens (including phenoxy) is 1. The van der Waals surface area contributed by atoms with Crippen LogP contribution in [0.2, 0.25) is 0 Å². The molecule has 0 saturated heterocycles. The third-order valence-electron chi connectivity index (χ3n) is 2.68. The summed E-state index contributed by atoms with van der Waals surface area (Å²) in [6, 6.07) is 5.66. The third kappa shape index (κ3) is 3.31. The van der Waals surface area contributed by atoms with Crippen molar-refractivity contribution in [2.75, 3.05) is 11.5 Å². The molecule has 0 saturated carbocycles. The normalized spacial score (nSPS) is 10.5. The third-order valence-corrected chi connectivity index (χ3v) is 3.73. The first-order chi connectivity index (χ1) is 10.3. The second-order valence-corrected chi connectivity index (χ2v) is 6.50. The Morgan fingerprint density at radius 3 is 2.50 bits per heavy atom. The number of nitrogens with zero attached hydrogens (tertiary/aromatic N) is 3. The van der Waals surface area contributed by atoms with Gasteiger partial charge in [0.05, 0.1) is 16.3 Å². The van der Waals surface area contributed by atoms with Gasteiger partial charge in [0.15, 0.2) is 0 Å². The average Bonchev–Trinajstić information content (AvgIpc) is 2.40. The number of nitrogens with two attached hydrogens (primary N) is 2. The molecule has 22 heavy (non-hydrogen) atoms. The van der Waals surface area contributed by atoms with Gasteiger partial charge in [0, 0.05) is 10.0 Å². The van der Waals surface area contributed by atoms with E-state index in [2.05, 4.69) is 41.8 Å². The molecule has 0 fully saturated rings. The van der Waals surface area contributed by atoms with Crippen molar-refractivity contribution in [3.05, 3.63) is 26.6 Å². The fourth-order valence-corrected chi connectivity index (χ4v) is 3.21. The van der Waals surface area contributed by atoms with Crippen LogP contribution < -0.4 is 16.2 Å².